The van der Waals surface area contributed by atoms with Crippen molar-refractivity contribution < 1.29 is 0 Å². The highest BCUT2D eigenvalue weighted by Gasteiger charge is 2.18. The molecule has 2 rings (SSSR count). The summed E-state index contributed by atoms with van der Waals surface area (Å²) in [6.45, 7) is 10.4. The van der Waals surface area contributed by atoms with E-state index in [4.69, 9.17) is 0 Å². The predicted octanol–water partition coefficient (Wildman–Crippen LogP) is 3.46. The Balaban J connectivity index is 1.94. The van der Waals surface area contributed by atoms with Crippen molar-refractivity contribution in [1.82, 2.24) is 10.2 Å². The van der Waals surface area contributed by atoms with E-state index in [0.29, 0.717) is 0 Å². The molecular formula is C18H30N2. The molecule has 1 fully saturated rings. The Bertz CT molecular complexity index is 389. The zero-order valence-electron chi connectivity index (χ0n) is 13.2. The molecule has 1 unspecified atom stereocenters. The van der Waals surface area contributed by atoms with Crippen molar-refractivity contribution in [1.29, 1.82) is 0 Å². The molecule has 1 aliphatic rings. The van der Waals surface area contributed by atoms with E-state index in [0.717, 1.165) is 32.0 Å². The van der Waals surface area contributed by atoms with E-state index >= 15 is 0 Å². The van der Waals surface area contributed by atoms with Crippen LogP contribution in [0.3, 0.4) is 0 Å². The maximum absolute atomic E-state index is 3.43. The quantitative estimate of drug-likeness (QED) is 0.766. The summed E-state index contributed by atoms with van der Waals surface area (Å²) in [6, 6.07) is 8.98. The van der Waals surface area contributed by atoms with Crippen molar-refractivity contribution in [3.05, 3.63) is 35.4 Å². The summed E-state index contributed by atoms with van der Waals surface area (Å²) in [6.07, 6.45) is 5.28. The van der Waals surface area contributed by atoms with Crippen LogP contribution < -0.4 is 5.32 Å². The Labute approximate surface area is 124 Å². The molecule has 2 heteroatoms. The molecule has 0 aromatic heterocycles. The third-order valence-corrected chi connectivity index (χ3v) is 4.51. The van der Waals surface area contributed by atoms with Gasteiger partial charge in [0.2, 0.25) is 0 Å². The largest absolute Gasteiger partial charge is 0.317 e. The van der Waals surface area contributed by atoms with E-state index in [-0.39, 0.29) is 0 Å². The van der Waals surface area contributed by atoms with Crippen LogP contribution in [0.5, 0.6) is 0 Å². The maximum Gasteiger partial charge on any atom is 0.0236 e. The number of likely N-dealkylation sites (tertiary alicyclic amines) is 1. The number of likely N-dealkylation sites (N-methyl/N-ethyl adjacent to an activating group) is 1. The van der Waals surface area contributed by atoms with Crippen LogP contribution in [0.2, 0.25) is 0 Å². The van der Waals surface area contributed by atoms with Crippen LogP contribution in [-0.4, -0.2) is 31.1 Å². The number of benzene rings is 1. The third kappa shape index (κ3) is 4.60. The Morgan fingerprint density at radius 1 is 1.20 bits per heavy atom. The average molecular weight is 274 g/mol. The lowest BCUT2D eigenvalue weighted by molar-refractivity contribution is 0.164. The van der Waals surface area contributed by atoms with Crippen LogP contribution in [0.4, 0.5) is 0 Å². The minimum Gasteiger partial charge on any atom is -0.317 e. The summed E-state index contributed by atoms with van der Waals surface area (Å²) in [4.78, 5) is 2.66. The molecule has 0 radical (unpaired) electrons. The summed E-state index contributed by atoms with van der Waals surface area (Å²) >= 11 is 0. The van der Waals surface area contributed by atoms with Crippen LogP contribution >= 0.6 is 0 Å². The van der Waals surface area contributed by atoms with Crippen molar-refractivity contribution in [2.75, 3.05) is 26.2 Å². The SMILES string of the molecule is CCNCCc1ccccc1CN1CCCC(CC)C1. The normalized spacial score (nSPS) is 20.2. The van der Waals surface area contributed by atoms with Crippen molar-refractivity contribution in [2.45, 2.75) is 46.1 Å². The second-order valence-electron chi connectivity index (χ2n) is 6.02. The molecule has 1 aliphatic heterocycles. The molecule has 0 saturated carbocycles. The first-order valence-corrected chi connectivity index (χ1v) is 8.33. The molecule has 0 spiro atoms. The smallest absolute Gasteiger partial charge is 0.0236 e. The topological polar surface area (TPSA) is 15.3 Å². The van der Waals surface area contributed by atoms with Crippen LogP contribution in [0.1, 0.15) is 44.2 Å². The molecule has 2 nitrogen and oxygen atoms in total. The van der Waals surface area contributed by atoms with Crippen molar-refractivity contribution in [3.63, 3.8) is 0 Å². The Morgan fingerprint density at radius 2 is 2.00 bits per heavy atom. The zero-order chi connectivity index (χ0) is 14.2. The van der Waals surface area contributed by atoms with Crippen LogP contribution in [0, 0.1) is 5.92 Å². The number of piperidine rings is 1. The van der Waals surface area contributed by atoms with Crippen LogP contribution in [0.25, 0.3) is 0 Å². The van der Waals surface area contributed by atoms with E-state index in [1.165, 1.54) is 43.5 Å². The second-order valence-corrected chi connectivity index (χ2v) is 6.02. The van der Waals surface area contributed by atoms with E-state index in [1.54, 1.807) is 0 Å². The molecule has 0 bridgehead atoms. The molecule has 0 aliphatic carbocycles. The predicted molar refractivity (Wildman–Crippen MR) is 87.0 cm³/mol. The lowest BCUT2D eigenvalue weighted by Gasteiger charge is -2.32. The minimum absolute atomic E-state index is 0.915. The fourth-order valence-corrected chi connectivity index (χ4v) is 3.22. The van der Waals surface area contributed by atoms with Gasteiger partial charge in [-0.05, 0) is 55.9 Å². The minimum atomic E-state index is 0.915. The molecule has 1 N–H and O–H groups in total. The van der Waals surface area contributed by atoms with E-state index in [9.17, 15) is 0 Å². The lowest BCUT2D eigenvalue weighted by atomic mass is 9.94. The molecule has 1 heterocycles. The number of nitrogens with one attached hydrogen (secondary N) is 1. The van der Waals surface area contributed by atoms with E-state index in [1.807, 2.05) is 0 Å². The number of rotatable bonds is 7. The van der Waals surface area contributed by atoms with Crippen LogP contribution in [0.15, 0.2) is 24.3 Å². The first kappa shape index (κ1) is 15.5. The van der Waals surface area contributed by atoms with Gasteiger partial charge in [-0.1, -0.05) is 44.5 Å². The molecule has 20 heavy (non-hydrogen) atoms. The first-order chi connectivity index (χ1) is 9.83. The molecular weight excluding hydrogens is 244 g/mol. The Morgan fingerprint density at radius 3 is 2.75 bits per heavy atom. The van der Waals surface area contributed by atoms with Gasteiger partial charge in [-0.3, -0.25) is 4.90 Å². The zero-order valence-corrected chi connectivity index (χ0v) is 13.2. The summed E-state index contributed by atoms with van der Waals surface area (Å²) in [5.41, 5.74) is 3.05. The highest BCUT2D eigenvalue weighted by molar-refractivity contribution is 5.27. The monoisotopic (exact) mass is 274 g/mol. The van der Waals surface area contributed by atoms with Gasteiger partial charge in [0, 0.05) is 13.1 Å². The number of hydrogen-bond donors (Lipinski definition) is 1. The third-order valence-electron chi connectivity index (χ3n) is 4.51. The van der Waals surface area contributed by atoms with Crippen LogP contribution in [-0.2, 0) is 13.0 Å². The van der Waals surface area contributed by atoms with Gasteiger partial charge in [0.05, 0.1) is 0 Å². The van der Waals surface area contributed by atoms with Gasteiger partial charge in [-0.25, -0.2) is 0 Å². The average Bonchev–Trinajstić information content (AvgIpc) is 2.49. The summed E-state index contributed by atoms with van der Waals surface area (Å²) < 4.78 is 0. The molecule has 1 aromatic carbocycles. The van der Waals surface area contributed by atoms with Crippen molar-refractivity contribution in [3.8, 4) is 0 Å². The van der Waals surface area contributed by atoms with Gasteiger partial charge in [0.1, 0.15) is 0 Å². The van der Waals surface area contributed by atoms with Gasteiger partial charge >= 0.3 is 0 Å². The molecule has 112 valence electrons. The standard InChI is InChI=1S/C18H30N2/c1-3-16-8-7-13-20(14-16)15-18-10-6-5-9-17(18)11-12-19-4-2/h5-6,9-10,16,19H,3-4,7-8,11-15H2,1-2H3. The van der Waals surface area contributed by atoms with Crippen molar-refractivity contribution in [2.24, 2.45) is 5.92 Å². The molecule has 1 atom stereocenters. The number of nitrogens with zero attached hydrogens (tertiary/aromatic N) is 1. The molecule has 1 saturated heterocycles. The highest BCUT2D eigenvalue weighted by Crippen LogP contribution is 2.22. The van der Waals surface area contributed by atoms with Gasteiger partial charge in [0.25, 0.3) is 0 Å². The van der Waals surface area contributed by atoms with E-state index < -0.39 is 0 Å². The van der Waals surface area contributed by atoms with E-state index in [2.05, 4.69) is 48.3 Å². The second kappa shape index (κ2) is 8.43. The fourth-order valence-electron chi connectivity index (χ4n) is 3.22. The van der Waals surface area contributed by atoms with Crippen molar-refractivity contribution >= 4 is 0 Å². The molecule has 1 aromatic rings. The summed E-state index contributed by atoms with van der Waals surface area (Å²) in [5.74, 6) is 0.915. The Kier molecular flexibility index (Phi) is 6.55. The maximum atomic E-state index is 3.43. The van der Waals surface area contributed by atoms with Gasteiger partial charge in [0.15, 0.2) is 0 Å². The lowest BCUT2D eigenvalue weighted by Crippen LogP contribution is -2.35. The van der Waals surface area contributed by atoms with Gasteiger partial charge < -0.3 is 5.32 Å². The van der Waals surface area contributed by atoms with Gasteiger partial charge in [-0.2, -0.15) is 0 Å². The number of hydrogen-bond acceptors (Lipinski definition) is 2. The summed E-state index contributed by atoms with van der Waals surface area (Å²) in [5, 5.41) is 3.43. The highest BCUT2D eigenvalue weighted by atomic mass is 15.1. The summed E-state index contributed by atoms with van der Waals surface area (Å²) in [7, 11) is 0. The fraction of sp³-hybridized carbons (Fsp3) is 0.667. The molecule has 0 amide bonds. The first-order valence-electron chi connectivity index (χ1n) is 8.33. The van der Waals surface area contributed by atoms with Gasteiger partial charge in [-0.15, -0.1) is 0 Å². The Hall–Kier alpha value is -0.860.